The van der Waals surface area contributed by atoms with Gasteiger partial charge in [-0.2, -0.15) is 13.2 Å². The molecule has 1 fully saturated rings. The van der Waals surface area contributed by atoms with Gasteiger partial charge in [-0.25, -0.2) is 9.78 Å². The lowest BCUT2D eigenvalue weighted by molar-refractivity contribution is -0.136. The van der Waals surface area contributed by atoms with Crippen molar-refractivity contribution in [1.29, 1.82) is 0 Å². The number of alkyl carbamates (subject to hydrolysis) is 1. The fraction of sp³-hybridized carbons (Fsp3) is 0.571. The van der Waals surface area contributed by atoms with Crippen LogP contribution >= 0.6 is 11.3 Å². The highest BCUT2D eigenvalue weighted by molar-refractivity contribution is 7.17. The molecular formula is C21H27F3N4O3S. The van der Waals surface area contributed by atoms with Crippen molar-refractivity contribution in [2.24, 2.45) is 5.92 Å². The molecule has 2 unspecified atom stereocenters. The van der Waals surface area contributed by atoms with Crippen LogP contribution in [0.1, 0.15) is 49.5 Å². The Morgan fingerprint density at radius 2 is 2.09 bits per heavy atom. The van der Waals surface area contributed by atoms with Gasteiger partial charge in [-0.1, -0.05) is 13.8 Å². The van der Waals surface area contributed by atoms with E-state index >= 15 is 0 Å². The Morgan fingerprint density at radius 3 is 2.69 bits per heavy atom. The summed E-state index contributed by atoms with van der Waals surface area (Å²) in [5, 5.41) is 6.68. The summed E-state index contributed by atoms with van der Waals surface area (Å²) in [5.41, 5.74) is -0.636. The average molecular weight is 473 g/mol. The third-order valence-corrected chi connectivity index (χ3v) is 6.33. The second kappa shape index (κ2) is 9.51. The number of ether oxygens (including phenoxy) is 1. The summed E-state index contributed by atoms with van der Waals surface area (Å²) >= 11 is 0.858. The quantitative estimate of drug-likeness (QED) is 0.673. The molecule has 2 atom stereocenters. The van der Waals surface area contributed by atoms with Gasteiger partial charge in [0.2, 0.25) is 0 Å². The number of fused-ring (bicyclic) bond motifs is 1. The Morgan fingerprint density at radius 1 is 1.38 bits per heavy atom. The van der Waals surface area contributed by atoms with Crippen molar-refractivity contribution in [3.05, 3.63) is 22.6 Å². The SMILES string of the molecule is CNC(=O)c1csc2c(C(F)(F)F)cc(N3CCC(NC(=O)OCC(C)C)CC3C)nc12. The summed E-state index contributed by atoms with van der Waals surface area (Å²) in [4.78, 5) is 30.3. The van der Waals surface area contributed by atoms with Crippen LogP contribution in [0.25, 0.3) is 10.2 Å². The Hall–Kier alpha value is -2.56. The first-order valence-corrected chi connectivity index (χ1v) is 11.3. The van der Waals surface area contributed by atoms with Crippen molar-refractivity contribution in [2.45, 2.75) is 51.9 Å². The molecule has 3 rings (SSSR count). The van der Waals surface area contributed by atoms with Crippen LogP contribution in [0.5, 0.6) is 0 Å². The molecule has 1 aliphatic heterocycles. The number of nitrogens with one attached hydrogen (secondary N) is 2. The van der Waals surface area contributed by atoms with E-state index in [1.807, 2.05) is 20.8 Å². The summed E-state index contributed by atoms with van der Waals surface area (Å²) in [7, 11) is 1.42. The third-order valence-electron chi connectivity index (χ3n) is 5.33. The van der Waals surface area contributed by atoms with E-state index in [0.29, 0.717) is 26.0 Å². The van der Waals surface area contributed by atoms with Crippen molar-refractivity contribution in [3.63, 3.8) is 0 Å². The first-order valence-electron chi connectivity index (χ1n) is 10.4. The average Bonchev–Trinajstić information content (AvgIpc) is 3.14. The number of aromatic nitrogens is 1. The standard InChI is InChI=1S/C21H27F3N4O3S/c1-11(2)9-31-20(30)26-13-5-6-28(12(3)7-13)16-8-15(21(22,23)24)18-17(27-16)14(10-32-18)19(29)25-4/h8,10-13H,5-7,9H2,1-4H3,(H,25,29)(H,26,30). The number of rotatable bonds is 5. The topological polar surface area (TPSA) is 83.6 Å². The predicted octanol–water partition coefficient (Wildman–Crippen LogP) is 4.41. The molecule has 176 valence electrons. The molecule has 2 aromatic heterocycles. The fourth-order valence-corrected chi connectivity index (χ4v) is 4.77. The molecule has 3 heterocycles. The highest BCUT2D eigenvalue weighted by Crippen LogP contribution is 2.41. The maximum atomic E-state index is 13.8. The summed E-state index contributed by atoms with van der Waals surface area (Å²) in [6.45, 7) is 6.48. The van der Waals surface area contributed by atoms with Gasteiger partial charge in [0.25, 0.3) is 5.91 Å². The van der Waals surface area contributed by atoms with E-state index in [-0.39, 0.29) is 39.6 Å². The molecule has 1 saturated heterocycles. The molecule has 2 amide bonds. The number of nitrogens with zero attached hydrogens (tertiary/aromatic N) is 2. The molecule has 0 aromatic carbocycles. The van der Waals surface area contributed by atoms with E-state index in [0.717, 1.165) is 17.4 Å². The molecule has 2 aromatic rings. The molecule has 32 heavy (non-hydrogen) atoms. The van der Waals surface area contributed by atoms with Crippen molar-refractivity contribution in [2.75, 3.05) is 25.1 Å². The minimum Gasteiger partial charge on any atom is -0.449 e. The Kier molecular flexibility index (Phi) is 7.16. The maximum absolute atomic E-state index is 13.8. The first-order chi connectivity index (χ1) is 15.0. The monoisotopic (exact) mass is 472 g/mol. The van der Waals surface area contributed by atoms with Gasteiger partial charge >= 0.3 is 12.3 Å². The number of piperidine rings is 1. The highest BCUT2D eigenvalue weighted by Gasteiger charge is 2.37. The van der Waals surface area contributed by atoms with Crippen molar-refractivity contribution in [1.82, 2.24) is 15.6 Å². The molecule has 0 radical (unpaired) electrons. The number of carbonyl (C=O) groups is 2. The van der Waals surface area contributed by atoms with E-state index < -0.39 is 23.7 Å². The van der Waals surface area contributed by atoms with E-state index in [1.54, 1.807) is 4.90 Å². The lowest BCUT2D eigenvalue weighted by atomic mass is 9.98. The van der Waals surface area contributed by atoms with Crippen LogP contribution in [0.3, 0.4) is 0 Å². The maximum Gasteiger partial charge on any atom is 0.417 e. The number of hydrogen-bond acceptors (Lipinski definition) is 6. The molecular weight excluding hydrogens is 445 g/mol. The van der Waals surface area contributed by atoms with Crippen LogP contribution in [-0.4, -0.2) is 49.3 Å². The summed E-state index contributed by atoms with van der Waals surface area (Å²) in [6.07, 6.45) is -4.00. The number of thiophene rings is 1. The Bertz CT molecular complexity index is 993. The van der Waals surface area contributed by atoms with E-state index in [4.69, 9.17) is 4.74 Å². The van der Waals surface area contributed by atoms with Gasteiger partial charge in [0.1, 0.15) is 5.82 Å². The van der Waals surface area contributed by atoms with Gasteiger partial charge < -0.3 is 20.3 Å². The minimum atomic E-state index is -4.58. The van der Waals surface area contributed by atoms with Gasteiger partial charge in [-0.05, 0) is 31.7 Å². The van der Waals surface area contributed by atoms with Crippen LogP contribution in [0.15, 0.2) is 11.4 Å². The molecule has 2 N–H and O–H groups in total. The van der Waals surface area contributed by atoms with E-state index in [9.17, 15) is 22.8 Å². The molecule has 0 bridgehead atoms. The number of halogens is 3. The van der Waals surface area contributed by atoms with Gasteiger partial charge in [0, 0.05) is 31.1 Å². The summed E-state index contributed by atoms with van der Waals surface area (Å²) in [5.74, 6) is -0.0891. The number of hydrogen-bond donors (Lipinski definition) is 2. The number of amides is 2. The second-order valence-electron chi connectivity index (χ2n) is 8.33. The zero-order valence-corrected chi connectivity index (χ0v) is 19.2. The first kappa shape index (κ1) is 24.1. The lowest BCUT2D eigenvalue weighted by Gasteiger charge is -2.38. The lowest BCUT2D eigenvalue weighted by Crippen LogP contribution is -2.49. The van der Waals surface area contributed by atoms with Crippen molar-refractivity contribution >= 4 is 39.4 Å². The minimum absolute atomic E-state index is 0.0453. The Labute approximate surface area is 188 Å². The summed E-state index contributed by atoms with van der Waals surface area (Å²) < 4.78 is 46.5. The van der Waals surface area contributed by atoms with Crippen LogP contribution in [0, 0.1) is 5.92 Å². The van der Waals surface area contributed by atoms with Crippen LogP contribution in [0.4, 0.5) is 23.8 Å². The number of alkyl halides is 3. The zero-order chi connectivity index (χ0) is 23.6. The molecule has 0 spiro atoms. The fourth-order valence-electron chi connectivity index (χ4n) is 3.74. The second-order valence-corrected chi connectivity index (χ2v) is 9.21. The normalized spacial score (nSPS) is 19.3. The molecule has 11 heteroatoms. The predicted molar refractivity (Wildman–Crippen MR) is 117 cm³/mol. The third kappa shape index (κ3) is 5.25. The van der Waals surface area contributed by atoms with Crippen LogP contribution in [0.2, 0.25) is 0 Å². The van der Waals surface area contributed by atoms with Gasteiger partial charge in [-0.3, -0.25) is 4.79 Å². The van der Waals surface area contributed by atoms with Crippen molar-refractivity contribution in [3.8, 4) is 0 Å². The van der Waals surface area contributed by atoms with Crippen LogP contribution < -0.4 is 15.5 Å². The molecule has 0 aliphatic carbocycles. The van der Waals surface area contributed by atoms with E-state index in [1.165, 1.54) is 12.4 Å². The van der Waals surface area contributed by atoms with Crippen molar-refractivity contribution < 1.29 is 27.5 Å². The van der Waals surface area contributed by atoms with Crippen LogP contribution in [-0.2, 0) is 10.9 Å². The smallest absolute Gasteiger partial charge is 0.417 e. The molecule has 7 nitrogen and oxygen atoms in total. The Balaban J connectivity index is 1.85. The number of carbonyl (C=O) groups excluding carboxylic acids is 2. The highest BCUT2D eigenvalue weighted by atomic mass is 32.1. The number of anilines is 1. The van der Waals surface area contributed by atoms with Gasteiger partial charge in [0.15, 0.2) is 0 Å². The molecule has 1 aliphatic rings. The number of pyridine rings is 1. The zero-order valence-electron chi connectivity index (χ0n) is 18.4. The summed E-state index contributed by atoms with van der Waals surface area (Å²) in [6, 6.07) is 0.731. The van der Waals surface area contributed by atoms with Gasteiger partial charge in [-0.15, -0.1) is 11.3 Å². The van der Waals surface area contributed by atoms with Gasteiger partial charge in [0.05, 0.1) is 28.0 Å². The van der Waals surface area contributed by atoms with E-state index in [2.05, 4.69) is 15.6 Å². The largest absolute Gasteiger partial charge is 0.449 e. The molecule has 0 saturated carbocycles.